The Morgan fingerprint density at radius 2 is 1.85 bits per heavy atom. The summed E-state index contributed by atoms with van der Waals surface area (Å²) in [5.74, 6) is 1.35. The highest BCUT2D eigenvalue weighted by molar-refractivity contribution is 6.31. The Morgan fingerprint density at radius 1 is 1.06 bits per heavy atom. The highest BCUT2D eigenvalue weighted by atomic mass is 35.5. The molecule has 0 saturated carbocycles. The lowest BCUT2D eigenvalue weighted by molar-refractivity contribution is 0.0996. The molecule has 1 amide bonds. The van der Waals surface area contributed by atoms with Gasteiger partial charge < -0.3 is 18.9 Å². The zero-order valence-electron chi connectivity index (χ0n) is 19.0. The van der Waals surface area contributed by atoms with Crippen LogP contribution >= 0.6 is 24.0 Å². The summed E-state index contributed by atoms with van der Waals surface area (Å²) in [6.45, 7) is 4.30. The van der Waals surface area contributed by atoms with Crippen molar-refractivity contribution in [3.8, 4) is 22.8 Å². The van der Waals surface area contributed by atoms with Crippen molar-refractivity contribution in [2.45, 2.75) is 25.8 Å². The molecule has 0 radical (unpaired) electrons. The molecule has 4 aliphatic rings. The van der Waals surface area contributed by atoms with Gasteiger partial charge in [0.05, 0.1) is 24.4 Å². The maximum atomic E-state index is 13.3. The first-order chi connectivity index (χ1) is 15.5. The number of benzene rings is 1. The van der Waals surface area contributed by atoms with E-state index in [9.17, 15) is 4.79 Å². The Labute approximate surface area is 205 Å². The molecule has 0 bridgehead atoms. The van der Waals surface area contributed by atoms with E-state index in [4.69, 9.17) is 21.1 Å². The molecule has 1 aliphatic carbocycles. The van der Waals surface area contributed by atoms with Gasteiger partial charge in [-0.05, 0) is 50.2 Å². The zero-order valence-corrected chi connectivity index (χ0v) is 20.5. The summed E-state index contributed by atoms with van der Waals surface area (Å²) in [5, 5.41) is 0.662. The lowest BCUT2D eigenvalue weighted by Crippen LogP contribution is -2.33. The minimum atomic E-state index is -0.00300. The SMILES string of the molecule is COc1ccc(N2Cc3c(cc4cc(Cl)cn(C)c3-4)C2=O)cc1OCCN1CCCCC1.Cl. The summed E-state index contributed by atoms with van der Waals surface area (Å²) in [6, 6.07) is 9.56. The monoisotopic (exact) mass is 489 g/mol. The van der Waals surface area contributed by atoms with Crippen molar-refractivity contribution < 1.29 is 14.3 Å². The molecular formula is C25H29Cl2N3O3. The Bertz CT molecular complexity index is 1120. The highest BCUT2D eigenvalue weighted by Crippen LogP contribution is 2.41. The Balaban J connectivity index is 0.00000259. The van der Waals surface area contributed by atoms with Gasteiger partial charge in [0.25, 0.3) is 5.91 Å². The van der Waals surface area contributed by atoms with Crippen LogP contribution in [0.25, 0.3) is 11.3 Å². The van der Waals surface area contributed by atoms with E-state index < -0.39 is 0 Å². The molecule has 8 heteroatoms. The molecule has 0 aromatic heterocycles. The van der Waals surface area contributed by atoms with Crippen molar-refractivity contribution in [2.24, 2.45) is 7.05 Å². The van der Waals surface area contributed by atoms with Crippen molar-refractivity contribution in [3.63, 3.8) is 0 Å². The van der Waals surface area contributed by atoms with E-state index in [1.54, 1.807) is 12.0 Å². The van der Waals surface area contributed by atoms with Crippen LogP contribution in [0.15, 0.2) is 36.5 Å². The van der Waals surface area contributed by atoms with Gasteiger partial charge in [-0.3, -0.25) is 9.69 Å². The fourth-order valence-corrected chi connectivity index (χ4v) is 5.19. The minimum absolute atomic E-state index is 0. The molecule has 1 aromatic carbocycles. The number of piperidine rings is 1. The number of ether oxygens (including phenoxy) is 2. The molecule has 3 heterocycles. The number of aryl methyl sites for hydroxylation is 1. The van der Waals surface area contributed by atoms with E-state index in [0.717, 1.165) is 47.7 Å². The summed E-state index contributed by atoms with van der Waals surface area (Å²) < 4.78 is 13.6. The van der Waals surface area contributed by atoms with Crippen LogP contribution in [-0.4, -0.2) is 48.7 Å². The number of hydrogen-bond acceptors (Lipinski definition) is 4. The van der Waals surface area contributed by atoms with E-state index in [1.807, 2.05) is 48.1 Å². The second-order valence-electron chi connectivity index (χ2n) is 8.59. The van der Waals surface area contributed by atoms with Crippen LogP contribution < -0.4 is 14.4 Å². The maximum Gasteiger partial charge on any atom is 0.259 e. The number of hydrogen-bond donors (Lipinski definition) is 0. The molecular weight excluding hydrogens is 461 g/mol. The Hall–Kier alpha value is -2.41. The fraction of sp³-hybridized carbons (Fsp3) is 0.400. The van der Waals surface area contributed by atoms with Gasteiger partial charge in [0, 0.05) is 48.2 Å². The van der Waals surface area contributed by atoms with Gasteiger partial charge in [-0.25, -0.2) is 0 Å². The molecule has 1 saturated heterocycles. The molecule has 0 unspecified atom stereocenters. The predicted octanol–water partition coefficient (Wildman–Crippen LogP) is 5.24. The third kappa shape index (κ3) is 4.52. The van der Waals surface area contributed by atoms with E-state index in [-0.39, 0.29) is 18.3 Å². The van der Waals surface area contributed by atoms with Crippen LogP contribution in [0.3, 0.4) is 0 Å². The number of halogens is 2. The summed E-state index contributed by atoms with van der Waals surface area (Å²) in [6.07, 6.45) is 5.72. The number of aromatic nitrogens is 1. The van der Waals surface area contributed by atoms with Crippen molar-refractivity contribution >= 4 is 35.6 Å². The van der Waals surface area contributed by atoms with Gasteiger partial charge in [-0.15, -0.1) is 12.4 Å². The van der Waals surface area contributed by atoms with Gasteiger partial charge in [0.15, 0.2) is 11.5 Å². The number of carbonyl (C=O) groups excluding carboxylic acids is 1. The van der Waals surface area contributed by atoms with E-state index >= 15 is 0 Å². The Kier molecular flexibility index (Phi) is 7.07. The standard InChI is InChI=1S/C25H28ClN3O3.ClH/c1-27-15-18(26)12-17-13-20-21(24(17)27)16-29(25(20)30)19-6-7-22(31-2)23(14-19)32-11-10-28-8-4-3-5-9-28;/h6-7,12-15H,3-5,8-11,16H2,1-2H3;1H. The second-order valence-corrected chi connectivity index (χ2v) is 9.02. The number of methoxy groups -OCH3 is 1. The molecule has 0 N–H and O–H groups in total. The number of fused-ring (bicyclic) bond motifs is 3. The van der Waals surface area contributed by atoms with Crippen LogP contribution in [-0.2, 0) is 13.6 Å². The van der Waals surface area contributed by atoms with Gasteiger partial charge in [0.1, 0.15) is 6.61 Å². The summed E-state index contributed by atoms with van der Waals surface area (Å²) in [7, 11) is 3.60. The minimum Gasteiger partial charge on any atom is -0.493 e. The number of nitrogens with zero attached hydrogens (tertiary/aromatic N) is 3. The van der Waals surface area contributed by atoms with Gasteiger partial charge >= 0.3 is 0 Å². The van der Waals surface area contributed by atoms with Crippen molar-refractivity contribution in [2.75, 3.05) is 38.3 Å². The van der Waals surface area contributed by atoms with Crippen LogP contribution in [0.4, 0.5) is 5.69 Å². The summed E-state index contributed by atoms with van der Waals surface area (Å²) in [4.78, 5) is 17.5. The summed E-state index contributed by atoms with van der Waals surface area (Å²) in [5.41, 5.74) is 4.62. The number of rotatable bonds is 6. The Morgan fingerprint density at radius 3 is 2.61 bits per heavy atom. The fourth-order valence-electron chi connectivity index (χ4n) is 4.92. The van der Waals surface area contributed by atoms with Crippen LogP contribution in [0.5, 0.6) is 11.5 Å². The largest absolute Gasteiger partial charge is 0.493 e. The first-order valence-electron chi connectivity index (χ1n) is 11.2. The maximum absolute atomic E-state index is 13.3. The third-order valence-electron chi connectivity index (χ3n) is 6.51. The van der Waals surface area contributed by atoms with Gasteiger partial charge in [-0.1, -0.05) is 18.0 Å². The predicted molar refractivity (Wildman–Crippen MR) is 134 cm³/mol. The number of likely N-dealkylation sites (tertiary alicyclic amines) is 1. The molecule has 0 atom stereocenters. The molecule has 0 spiro atoms. The molecule has 6 nitrogen and oxygen atoms in total. The number of amides is 1. The lowest BCUT2D eigenvalue weighted by Gasteiger charge is -2.26. The van der Waals surface area contributed by atoms with Crippen molar-refractivity contribution in [1.82, 2.24) is 9.47 Å². The van der Waals surface area contributed by atoms with Gasteiger partial charge in [-0.2, -0.15) is 0 Å². The van der Waals surface area contributed by atoms with E-state index in [2.05, 4.69) is 4.90 Å². The second kappa shape index (κ2) is 9.84. The number of carbonyl (C=O) groups is 1. The number of anilines is 1. The van der Waals surface area contributed by atoms with E-state index in [1.165, 1.54) is 19.3 Å². The zero-order chi connectivity index (χ0) is 22.2. The average molecular weight is 490 g/mol. The van der Waals surface area contributed by atoms with Crippen molar-refractivity contribution in [3.05, 3.63) is 52.7 Å². The highest BCUT2D eigenvalue weighted by Gasteiger charge is 2.34. The molecule has 176 valence electrons. The molecule has 33 heavy (non-hydrogen) atoms. The first kappa shape index (κ1) is 23.7. The average Bonchev–Trinajstić information content (AvgIpc) is 3.30. The van der Waals surface area contributed by atoms with E-state index in [0.29, 0.717) is 29.7 Å². The molecule has 3 aliphatic heterocycles. The lowest BCUT2D eigenvalue weighted by atomic mass is 10.1. The molecule has 1 fully saturated rings. The van der Waals surface area contributed by atoms with Crippen LogP contribution in [0, 0.1) is 0 Å². The molecule has 5 rings (SSSR count). The summed E-state index contributed by atoms with van der Waals surface area (Å²) >= 11 is 6.20. The number of pyridine rings is 1. The van der Waals surface area contributed by atoms with Crippen LogP contribution in [0.1, 0.15) is 35.2 Å². The van der Waals surface area contributed by atoms with Gasteiger partial charge in [0.2, 0.25) is 0 Å². The topological polar surface area (TPSA) is 46.9 Å². The van der Waals surface area contributed by atoms with Crippen molar-refractivity contribution in [1.29, 1.82) is 0 Å². The third-order valence-corrected chi connectivity index (χ3v) is 6.72. The first-order valence-corrected chi connectivity index (χ1v) is 11.6. The van der Waals surface area contributed by atoms with Crippen LogP contribution in [0.2, 0.25) is 5.02 Å². The quantitative estimate of drug-likeness (QED) is 0.474. The smallest absolute Gasteiger partial charge is 0.259 e. The molecule has 1 aromatic rings. The normalized spacial score (nSPS) is 16.1.